The Kier molecular flexibility index (Phi) is 4.48. The summed E-state index contributed by atoms with van der Waals surface area (Å²) in [5.74, 6) is 0.762. The Labute approximate surface area is 161 Å². The van der Waals surface area contributed by atoms with Gasteiger partial charge in [0.1, 0.15) is 5.82 Å². The van der Waals surface area contributed by atoms with Gasteiger partial charge < -0.3 is 19.7 Å². The van der Waals surface area contributed by atoms with Crippen LogP contribution in [0.4, 0.5) is 11.5 Å². The number of hydrogen-bond donors (Lipinski definition) is 2. The first-order valence-electron chi connectivity index (χ1n) is 8.96. The third kappa shape index (κ3) is 2.87. The van der Waals surface area contributed by atoms with Crippen molar-refractivity contribution in [3.8, 4) is 5.75 Å². The predicted molar refractivity (Wildman–Crippen MR) is 107 cm³/mol. The van der Waals surface area contributed by atoms with Gasteiger partial charge in [0.2, 0.25) is 0 Å². The van der Waals surface area contributed by atoms with Crippen LogP contribution in [0.15, 0.2) is 47.7 Å². The van der Waals surface area contributed by atoms with E-state index in [1.54, 1.807) is 18.3 Å². The summed E-state index contributed by atoms with van der Waals surface area (Å²) in [7, 11) is 1.52. The summed E-state index contributed by atoms with van der Waals surface area (Å²) in [5, 5.41) is 12.9. The second-order valence-electron chi connectivity index (χ2n) is 6.75. The van der Waals surface area contributed by atoms with Crippen LogP contribution in [0.25, 0.3) is 16.7 Å². The topological polar surface area (TPSA) is 93.7 Å². The number of aromatic nitrogens is 4. The lowest BCUT2D eigenvalue weighted by atomic mass is 10.2. The number of imidazole rings is 1. The molecular formula is C20H21N5O3. The first-order chi connectivity index (χ1) is 13.5. The Bertz CT molecular complexity index is 1230. The second kappa shape index (κ2) is 6.97. The molecule has 8 nitrogen and oxygen atoms in total. The van der Waals surface area contributed by atoms with Gasteiger partial charge in [0, 0.05) is 17.9 Å². The molecule has 28 heavy (non-hydrogen) atoms. The van der Waals surface area contributed by atoms with Gasteiger partial charge in [-0.05, 0) is 44.2 Å². The number of nitrogens with zero attached hydrogens (tertiary/aromatic N) is 4. The highest BCUT2D eigenvalue weighted by molar-refractivity contribution is 5.81. The van der Waals surface area contributed by atoms with E-state index >= 15 is 0 Å². The summed E-state index contributed by atoms with van der Waals surface area (Å²) >= 11 is 0. The molecule has 0 aliphatic heterocycles. The minimum absolute atomic E-state index is 0.179. The zero-order chi connectivity index (χ0) is 19.8. The van der Waals surface area contributed by atoms with E-state index in [1.165, 1.54) is 11.5 Å². The Hall–Kier alpha value is -3.39. The van der Waals surface area contributed by atoms with Crippen LogP contribution in [-0.2, 0) is 6.61 Å². The first kappa shape index (κ1) is 18.0. The fourth-order valence-electron chi connectivity index (χ4n) is 3.24. The molecule has 0 saturated heterocycles. The van der Waals surface area contributed by atoms with Crippen molar-refractivity contribution in [1.29, 1.82) is 0 Å². The number of aliphatic hydroxyl groups is 1. The summed E-state index contributed by atoms with van der Waals surface area (Å²) in [6.07, 6.45) is 3.41. The van der Waals surface area contributed by atoms with Crippen molar-refractivity contribution in [2.45, 2.75) is 26.5 Å². The monoisotopic (exact) mass is 379 g/mol. The van der Waals surface area contributed by atoms with Crippen LogP contribution in [0.5, 0.6) is 5.75 Å². The molecule has 4 aromatic rings. The number of pyridine rings is 1. The molecule has 0 spiro atoms. The molecule has 0 aliphatic rings. The average molecular weight is 379 g/mol. The molecule has 0 atom stereocenters. The Morgan fingerprint density at radius 2 is 2.11 bits per heavy atom. The third-order valence-electron chi connectivity index (χ3n) is 4.68. The van der Waals surface area contributed by atoms with Gasteiger partial charge in [-0.25, -0.2) is 9.97 Å². The number of ether oxygens (including phenoxy) is 1. The van der Waals surface area contributed by atoms with Crippen molar-refractivity contribution in [2.24, 2.45) is 0 Å². The first-order valence-corrected chi connectivity index (χ1v) is 8.96. The lowest BCUT2D eigenvalue weighted by molar-refractivity contribution is 0.280. The maximum Gasteiger partial charge on any atom is 0.265 e. The fourth-order valence-corrected chi connectivity index (χ4v) is 3.24. The lowest BCUT2D eigenvalue weighted by Crippen LogP contribution is -2.22. The number of fused-ring (bicyclic) bond motifs is 2. The normalized spacial score (nSPS) is 11.5. The van der Waals surface area contributed by atoms with Crippen LogP contribution in [-0.4, -0.2) is 31.2 Å². The molecule has 0 saturated carbocycles. The number of nitrogens with one attached hydrogen (secondary N) is 1. The SMILES string of the molecule is COc1cccn2c(=O)c(CO)c(Nc3ccc4c(c3)ncn4C(C)C)nc12. The maximum absolute atomic E-state index is 12.8. The highest BCUT2D eigenvalue weighted by Gasteiger charge is 2.15. The quantitative estimate of drug-likeness (QED) is 0.554. The molecule has 8 heteroatoms. The molecule has 0 amide bonds. The molecular weight excluding hydrogens is 358 g/mol. The second-order valence-corrected chi connectivity index (χ2v) is 6.75. The standard InChI is InChI=1S/C20H21N5O3/c1-12(2)25-11-21-15-9-13(6-7-16(15)25)22-18-14(10-26)20(27)24-8-4-5-17(28-3)19(24)23-18/h4-9,11-12,22,26H,10H2,1-3H3. The minimum Gasteiger partial charge on any atom is -0.493 e. The number of aliphatic hydroxyl groups excluding tert-OH is 1. The number of hydrogen-bond acceptors (Lipinski definition) is 6. The largest absolute Gasteiger partial charge is 0.493 e. The summed E-state index contributed by atoms with van der Waals surface area (Å²) in [6.45, 7) is 3.76. The molecule has 0 bridgehead atoms. The van der Waals surface area contributed by atoms with Crippen molar-refractivity contribution < 1.29 is 9.84 Å². The number of methoxy groups -OCH3 is 1. The van der Waals surface area contributed by atoms with Gasteiger partial charge in [-0.3, -0.25) is 9.20 Å². The third-order valence-corrected chi connectivity index (χ3v) is 4.68. The smallest absolute Gasteiger partial charge is 0.265 e. The summed E-state index contributed by atoms with van der Waals surface area (Å²) in [6, 6.07) is 9.49. The van der Waals surface area contributed by atoms with E-state index in [2.05, 4.69) is 33.7 Å². The zero-order valence-corrected chi connectivity index (χ0v) is 15.9. The highest BCUT2D eigenvalue weighted by Crippen LogP contribution is 2.25. The molecule has 0 radical (unpaired) electrons. The van der Waals surface area contributed by atoms with Crippen molar-refractivity contribution in [3.63, 3.8) is 0 Å². The van der Waals surface area contributed by atoms with Crippen molar-refractivity contribution in [2.75, 3.05) is 12.4 Å². The minimum atomic E-state index is -0.432. The number of benzene rings is 1. The van der Waals surface area contributed by atoms with E-state index in [9.17, 15) is 9.90 Å². The van der Waals surface area contributed by atoms with Gasteiger partial charge in [0.15, 0.2) is 11.4 Å². The zero-order valence-electron chi connectivity index (χ0n) is 15.9. The molecule has 1 aromatic carbocycles. The summed E-state index contributed by atoms with van der Waals surface area (Å²) in [4.78, 5) is 21.8. The molecule has 0 unspecified atom stereocenters. The van der Waals surface area contributed by atoms with Crippen molar-refractivity contribution >= 4 is 28.2 Å². The molecule has 3 heterocycles. The van der Waals surface area contributed by atoms with Crippen molar-refractivity contribution in [1.82, 2.24) is 18.9 Å². The van der Waals surface area contributed by atoms with Crippen LogP contribution in [0.1, 0.15) is 25.5 Å². The van der Waals surface area contributed by atoms with E-state index in [4.69, 9.17) is 4.74 Å². The van der Waals surface area contributed by atoms with Crippen LogP contribution < -0.4 is 15.6 Å². The van der Waals surface area contributed by atoms with Gasteiger partial charge in [-0.2, -0.15) is 0 Å². The number of rotatable bonds is 5. The van der Waals surface area contributed by atoms with Gasteiger partial charge in [-0.15, -0.1) is 0 Å². The van der Waals surface area contributed by atoms with Gasteiger partial charge in [0.05, 0.1) is 36.6 Å². The lowest BCUT2D eigenvalue weighted by Gasteiger charge is -2.13. The Balaban J connectivity index is 1.83. The van der Waals surface area contributed by atoms with E-state index in [0.717, 1.165) is 16.7 Å². The summed E-state index contributed by atoms with van der Waals surface area (Å²) < 4.78 is 8.77. The predicted octanol–water partition coefficient (Wildman–Crippen LogP) is 2.87. The Morgan fingerprint density at radius 1 is 1.29 bits per heavy atom. The van der Waals surface area contributed by atoms with E-state index in [1.807, 2.05) is 24.5 Å². The molecule has 4 rings (SSSR count). The van der Waals surface area contributed by atoms with Crippen LogP contribution in [0.2, 0.25) is 0 Å². The molecule has 144 valence electrons. The van der Waals surface area contributed by atoms with Gasteiger partial charge >= 0.3 is 0 Å². The molecule has 0 aliphatic carbocycles. The van der Waals surface area contributed by atoms with Crippen LogP contribution in [0, 0.1) is 0 Å². The fraction of sp³-hybridized carbons (Fsp3) is 0.250. The van der Waals surface area contributed by atoms with Gasteiger partial charge in [-0.1, -0.05) is 0 Å². The van der Waals surface area contributed by atoms with Crippen LogP contribution in [0.3, 0.4) is 0 Å². The average Bonchev–Trinajstić information content (AvgIpc) is 3.11. The Morgan fingerprint density at radius 3 is 2.82 bits per heavy atom. The van der Waals surface area contributed by atoms with E-state index in [0.29, 0.717) is 23.3 Å². The molecule has 0 fully saturated rings. The van der Waals surface area contributed by atoms with Gasteiger partial charge in [0.25, 0.3) is 5.56 Å². The summed E-state index contributed by atoms with van der Waals surface area (Å²) in [5.41, 5.74) is 2.79. The highest BCUT2D eigenvalue weighted by atomic mass is 16.5. The molecule has 2 N–H and O–H groups in total. The van der Waals surface area contributed by atoms with Crippen LogP contribution >= 0.6 is 0 Å². The van der Waals surface area contributed by atoms with E-state index in [-0.39, 0.29) is 11.1 Å². The number of anilines is 2. The molecule has 3 aromatic heterocycles. The van der Waals surface area contributed by atoms with Crippen molar-refractivity contribution in [3.05, 3.63) is 58.8 Å². The maximum atomic E-state index is 12.8. The van der Waals surface area contributed by atoms with E-state index < -0.39 is 6.61 Å².